The number of nitrogens with zero attached hydrogens (tertiary/aromatic N) is 1. The van der Waals surface area contributed by atoms with E-state index in [4.69, 9.17) is 4.74 Å². The molecule has 0 bridgehead atoms. The second-order valence-electron chi connectivity index (χ2n) is 15.2. The summed E-state index contributed by atoms with van der Waals surface area (Å²) in [6.07, 6.45) is 0. The fraction of sp³-hybridized carbons (Fsp3) is 0.0182. The quantitative estimate of drug-likeness (QED) is 0.168. The molecule has 12 rings (SSSR count). The van der Waals surface area contributed by atoms with Gasteiger partial charge in [-0.15, -0.1) is 0 Å². The predicted molar refractivity (Wildman–Crippen MR) is 236 cm³/mol. The van der Waals surface area contributed by atoms with Crippen molar-refractivity contribution in [3.8, 4) is 33.8 Å². The number of para-hydroxylation sites is 2. The highest BCUT2D eigenvalue weighted by atomic mass is 16.5. The molecule has 2 heteroatoms. The maximum atomic E-state index is 6.87. The Bertz CT molecular complexity index is 3150. The first-order chi connectivity index (χ1) is 28.3. The molecule has 10 aromatic rings. The lowest BCUT2D eigenvalue weighted by Crippen LogP contribution is -2.32. The molecular weight excluding hydrogens is 691 g/mol. The molecule has 0 unspecified atom stereocenters. The van der Waals surface area contributed by atoms with Crippen LogP contribution in [-0.4, -0.2) is 0 Å². The normalized spacial score (nSPS) is 13.2. The van der Waals surface area contributed by atoms with Gasteiger partial charge in [0.05, 0.1) is 5.41 Å². The van der Waals surface area contributed by atoms with E-state index in [9.17, 15) is 0 Å². The summed E-state index contributed by atoms with van der Waals surface area (Å²) in [7, 11) is 0. The molecule has 266 valence electrons. The number of hydrogen-bond donors (Lipinski definition) is 0. The first-order valence-corrected chi connectivity index (χ1v) is 19.7. The van der Waals surface area contributed by atoms with Crippen molar-refractivity contribution < 1.29 is 4.74 Å². The minimum Gasteiger partial charge on any atom is -0.457 e. The maximum absolute atomic E-state index is 6.87. The first kappa shape index (κ1) is 31.9. The van der Waals surface area contributed by atoms with E-state index in [0.29, 0.717) is 0 Å². The molecule has 0 radical (unpaired) electrons. The van der Waals surface area contributed by atoms with Gasteiger partial charge < -0.3 is 9.64 Å². The van der Waals surface area contributed by atoms with Gasteiger partial charge in [0.25, 0.3) is 0 Å². The van der Waals surface area contributed by atoms with Crippen molar-refractivity contribution in [3.63, 3.8) is 0 Å². The Morgan fingerprint density at radius 3 is 1.51 bits per heavy atom. The number of benzene rings is 10. The molecular formula is C55H35NO. The lowest BCUT2D eigenvalue weighted by atomic mass is 9.66. The zero-order chi connectivity index (χ0) is 37.5. The van der Waals surface area contributed by atoms with E-state index < -0.39 is 5.41 Å². The molecule has 0 N–H and O–H groups in total. The van der Waals surface area contributed by atoms with Crippen molar-refractivity contribution in [2.24, 2.45) is 0 Å². The van der Waals surface area contributed by atoms with Crippen molar-refractivity contribution in [1.29, 1.82) is 0 Å². The van der Waals surface area contributed by atoms with Gasteiger partial charge in [-0.3, -0.25) is 0 Å². The fourth-order valence-electron chi connectivity index (χ4n) is 9.92. The Labute approximate surface area is 331 Å². The lowest BCUT2D eigenvalue weighted by molar-refractivity contribution is 0.436. The third-order valence-electron chi connectivity index (χ3n) is 12.3. The van der Waals surface area contributed by atoms with Crippen LogP contribution in [0.4, 0.5) is 17.1 Å². The van der Waals surface area contributed by atoms with E-state index in [1.807, 2.05) is 0 Å². The molecule has 1 spiro atoms. The van der Waals surface area contributed by atoms with Crippen LogP contribution in [0.3, 0.4) is 0 Å². The maximum Gasteiger partial charge on any atom is 0.132 e. The fourth-order valence-corrected chi connectivity index (χ4v) is 9.92. The van der Waals surface area contributed by atoms with Gasteiger partial charge in [0.15, 0.2) is 0 Å². The smallest absolute Gasteiger partial charge is 0.132 e. The molecule has 0 atom stereocenters. The monoisotopic (exact) mass is 725 g/mol. The highest BCUT2D eigenvalue weighted by Crippen LogP contribution is 2.62. The molecule has 10 aromatic carbocycles. The number of hydrogen-bond acceptors (Lipinski definition) is 2. The van der Waals surface area contributed by atoms with E-state index in [1.165, 1.54) is 65.7 Å². The molecule has 1 heterocycles. The van der Waals surface area contributed by atoms with Crippen LogP contribution in [0.5, 0.6) is 11.5 Å². The molecule has 2 nitrogen and oxygen atoms in total. The molecule has 0 fully saturated rings. The third kappa shape index (κ3) is 4.59. The zero-order valence-electron chi connectivity index (χ0n) is 31.1. The van der Waals surface area contributed by atoms with Crippen molar-refractivity contribution in [1.82, 2.24) is 0 Å². The molecule has 1 aliphatic heterocycles. The van der Waals surface area contributed by atoms with Gasteiger partial charge in [-0.05, 0) is 114 Å². The summed E-state index contributed by atoms with van der Waals surface area (Å²) in [5.74, 6) is 1.78. The molecule has 2 aliphatic rings. The van der Waals surface area contributed by atoms with Crippen LogP contribution in [0.2, 0.25) is 0 Å². The number of ether oxygens (including phenoxy) is 1. The topological polar surface area (TPSA) is 12.5 Å². The summed E-state index contributed by atoms with van der Waals surface area (Å²) in [4.78, 5) is 2.37. The Kier molecular flexibility index (Phi) is 6.88. The van der Waals surface area contributed by atoms with Crippen molar-refractivity contribution >= 4 is 49.4 Å². The van der Waals surface area contributed by atoms with Gasteiger partial charge in [0.2, 0.25) is 0 Å². The van der Waals surface area contributed by atoms with Gasteiger partial charge in [-0.1, -0.05) is 164 Å². The predicted octanol–water partition coefficient (Wildman–Crippen LogP) is 14.8. The van der Waals surface area contributed by atoms with Gasteiger partial charge >= 0.3 is 0 Å². The second kappa shape index (κ2) is 12.3. The SMILES string of the molecule is c1ccc(N(c2cccc(-c3ccc4c(c3)Oc3ccccc3C43c4ccccc4-c4ccccc43)c2)c2ccc3c4ccccc4c4ccccc4c3c2)cc1. The van der Waals surface area contributed by atoms with Crippen molar-refractivity contribution in [2.45, 2.75) is 5.41 Å². The average Bonchev–Trinajstić information content (AvgIpc) is 3.57. The van der Waals surface area contributed by atoms with E-state index in [1.54, 1.807) is 0 Å². The molecule has 0 saturated heterocycles. The zero-order valence-corrected chi connectivity index (χ0v) is 31.1. The van der Waals surface area contributed by atoms with Crippen LogP contribution in [-0.2, 0) is 5.41 Å². The van der Waals surface area contributed by atoms with Gasteiger partial charge in [-0.2, -0.15) is 0 Å². The molecule has 0 saturated carbocycles. The van der Waals surface area contributed by atoms with Gasteiger partial charge in [0.1, 0.15) is 11.5 Å². The van der Waals surface area contributed by atoms with Crippen molar-refractivity contribution in [3.05, 3.63) is 235 Å². The summed E-state index contributed by atoms with van der Waals surface area (Å²) in [5, 5.41) is 7.59. The van der Waals surface area contributed by atoms with Crippen LogP contribution in [0, 0.1) is 0 Å². The molecule has 1 aliphatic carbocycles. The van der Waals surface area contributed by atoms with Crippen LogP contribution < -0.4 is 9.64 Å². The Hall–Kier alpha value is -7.42. The first-order valence-electron chi connectivity index (χ1n) is 19.7. The van der Waals surface area contributed by atoms with Crippen LogP contribution in [0.15, 0.2) is 212 Å². The third-order valence-corrected chi connectivity index (χ3v) is 12.3. The minimum atomic E-state index is -0.479. The largest absolute Gasteiger partial charge is 0.457 e. The van der Waals surface area contributed by atoms with Crippen LogP contribution in [0.25, 0.3) is 54.6 Å². The van der Waals surface area contributed by atoms with E-state index >= 15 is 0 Å². The highest BCUT2D eigenvalue weighted by Gasteiger charge is 2.50. The van der Waals surface area contributed by atoms with E-state index in [-0.39, 0.29) is 0 Å². The Morgan fingerprint density at radius 1 is 0.298 bits per heavy atom. The summed E-state index contributed by atoms with van der Waals surface area (Å²) < 4.78 is 6.87. The summed E-state index contributed by atoms with van der Waals surface area (Å²) in [6, 6.07) is 77.2. The Morgan fingerprint density at radius 2 is 0.807 bits per heavy atom. The summed E-state index contributed by atoms with van der Waals surface area (Å²) in [5.41, 5.74) is 12.6. The van der Waals surface area contributed by atoms with Gasteiger partial charge in [-0.25, -0.2) is 0 Å². The highest BCUT2D eigenvalue weighted by molar-refractivity contribution is 6.25. The molecule has 0 amide bonds. The minimum absolute atomic E-state index is 0.479. The number of rotatable bonds is 4. The van der Waals surface area contributed by atoms with Crippen LogP contribution in [0.1, 0.15) is 22.3 Å². The lowest BCUT2D eigenvalue weighted by Gasteiger charge is -2.39. The van der Waals surface area contributed by atoms with E-state index in [2.05, 4.69) is 217 Å². The van der Waals surface area contributed by atoms with E-state index in [0.717, 1.165) is 39.7 Å². The average molecular weight is 726 g/mol. The van der Waals surface area contributed by atoms with Crippen molar-refractivity contribution in [2.75, 3.05) is 4.90 Å². The summed E-state index contributed by atoms with van der Waals surface area (Å²) in [6.45, 7) is 0. The van der Waals surface area contributed by atoms with Gasteiger partial charge in [0, 0.05) is 28.2 Å². The number of fused-ring (bicyclic) bond motifs is 15. The molecule has 57 heavy (non-hydrogen) atoms. The second-order valence-corrected chi connectivity index (χ2v) is 15.2. The standard InChI is InChI=1S/C55H35NO/c1-2-16-38(17-3-1)56(40-30-31-45-43-21-5-4-19-41(43)42-20-6-7-22-44(42)48(45)35-40)39-18-14-15-36(33-39)37-29-32-52-54(34-37)57-53-28-13-12-27-51(53)55(52)49-25-10-8-23-46(49)47-24-9-11-26-50(47)55/h1-35H. The number of anilines is 3. The Balaban J connectivity index is 1.02. The van der Waals surface area contributed by atoms with Crippen LogP contribution >= 0.6 is 0 Å². The summed E-state index contributed by atoms with van der Waals surface area (Å²) >= 11 is 0. The molecule has 0 aromatic heterocycles.